The predicted octanol–water partition coefficient (Wildman–Crippen LogP) is 1.77. The molecule has 23 heavy (non-hydrogen) atoms. The zero-order chi connectivity index (χ0) is 16.5. The summed E-state index contributed by atoms with van der Waals surface area (Å²) in [7, 11) is 4.11. The Hall–Kier alpha value is -2.47. The van der Waals surface area contributed by atoms with Gasteiger partial charge in [-0.15, -0.1) is 0 Å². The van der Waals surface area contributed by atoms with E-state index in [0.29, 0.717) is 12.2 Å². The van der Waals surface area contributed by atoms with Gasteiger partial charge in [0.05, 0.1) is 24.1 Å². The largest absolute Gasteiger partial charge is 0.384 e. The van der Waals surface area contributed by atoms with Gasteiger partial charge < -0.3 is 15.5 Å². The molecule has 6 heteroatoms. The maximum atomic E-state index is 12.0. The summed E-state index contributed by atoms with van der Waals surface area (Å²) in [5, 5.41) is 6.10. The van der Waals surface area contributed by atoms with Crippen LogP contribution in [0.2, 0.25) is 0 Å². The third kappa shape index (κ3) is 6.04. The molecule has 0 aliphatic rings. The fourth-order valence-electron chi connectivity index (χ4n) is 2.02. The smallest absolute Gasteiger partial charge is 0.270 e. The van der Waals surface area contributed by atoms with E-state index in [1.54, 1.807) is 18.5 Å². The summed E-state index contributed by atoms with van der Waals surface area (Å²) in [6.07, 6.45) is 4.45. The number of nitrogens with one attached hydrogen (secondary N) is 2. The number of hydrogen-bond donors (Lipinski definition) is 2. The molecule has 0 aliphatic carbocycles. The second-order valence-corrected chi connectivity index (χ2v) is 5.52. The summed E-state index contributed by atoms with van der Waals surface area (Å²) < 4.78 is 0. The Kier molecular flexibility index (Phi) is 6.50. The van der Waals surface area contributed by atoms with E-state index in [-0.39, 0.29) is 5.91 Å². The van der Waals surface area contributed by atoms with Crippen LogP contribution in [0.5, 0.6) is 0 Å². The van der Waals surface area contributed by atoms with Crippen molar-refractivity contribution in [2.75, 3.05) is 32.5 Å². The first-order valence-electron chi connectivity index (χ1n) is 7.68. The number of amides is 1. The lowest BCUT2D eigenvalue weighted by Crippen LogP contribution is -2.24. The first-order chi connectivity index (χ1) is 11.1. The highest BCUT2D eigenvalue weighted by Gasteiger charge is 2.07. The molecule has 0 unspecified atom stereocenters. The minimum Gasteiger partial charge on any atom is -0.384 e. The van der Waals surface area contributed by atoms with E-state index in [1.165, 1.54) is 0 Å². The molecule has 6 nitrogen and oxygen atoms in total. The van der Waals surface area contributed by atoms with Crippen molar-refractivity contribution in [3.63, 3.8) is 0 Å². The molecule has 0 atom stereocenters. The van der Waals surface area contributed by atoms with Gasteiger partial charge in [0.25, 0.3) is 5.91 Å². The zero-order valence-corrected chi connectivity index (χ0v) is 13.6. The number of hydrogen-bond acceptors (Lipinski definition) is 5. The summed E-state index contributed by atoms with van der Waals surface area (Å²) in [5.41, 5.74) is 2.14. The van der Waals surface area contributed by atoms with Gasteiger partial charge in [0, 0.05) is 12.7 Å². The first-order valence-corrected chi connectivity index (χ1v) is 7.68. The topological polar surface area (TPSA) is 70.2 Å². The van der Waals surface area contributed by atoms with Crippen LogP contribution in [0.15, 0.2) is 42.7 Å². The highest BCUT2D eigenvalue weighted by atomic mass is 16.1. The van der Waals surface area contributed by atoms with Crippen molar-refractivity contribution in [1.29, 1.82) is 0 Å². The van der Waals surface area contributed by atoms with Crippen LogP contribution in [0.3, 0.4) is 0 Å². The first kappa shape index (κ1) is 16.9. The van der Waals surface area contributed by atoms with Crippen LogP contribution in [-0.2, 0) is 6.54 Å². The molecular formula is C17H23N5O. The van der Waals surface area contributed by atoms with Crippen LogP contribution >= 0.6 is 0 Å². The number of anilines is 1. The normalized spacial score (nSPS) is 10.6. The Morgan fingerprint density at radius 3 is 2.70 bits per heavy atom. The Bertz CT molecular complexity index is 598. The molecule has 0 saturated carbocycles. The lowest BCUT2D eigenvalue weighted by molar-refractivity contribution is 0.0945. The Morgan fingerprint density at radius 1 is 1.17 bits per heavy atom. The molecule has 2 N–H and O–H groups in total. The van der Waals surface area contributed by atoms with Gasteiger partial charge in [-0.1, -0.05) is 6.07 Å². The van der Waals surface area contributed by atoms with Crippen molar-refractivity contribution in [2.45, 2.75) is 13.0 Å². The fourth-order valence-corrected chi connectivity index (χ4v) is 2.02. The van der Waals surface area contributed by atoms with E-state index < -0.39 is 0 Å². The average molecular weight is 313 g/mol. The highest BCUT2D eigenvalue weighted by molar-refractivity contribution is 5.92. The van der Waals surface area contributed by atoms with Crippen LogP contribution in [0.1, 0.15) is 22.6 Å². The van der Waals surface area contributed by atoms with E-state index in [1.807, 2.05) is 24.3 Å². The third-order valence-corrected chi connectivity index (χ3v) is 3.26. The maximum Gasteiger partial charge on any atom is 0.270 e. The number of aromatic nitrogens is 2. The van der Waals surface area contributed by atoms with Crippen molar-refractivity contribution >= 4 is 11.6 Å². The van der Waals surface area contributed by atoms with Gasteiger partial charge in [0.2, 0.25) is 0 Å². The van der Waals surface area contributed by atoms with Crippen LogP contribution < -0.4 is 10.6 Å². The summed E-state index contributed by atoms with van der Waals surface area (Å²) in [6, 6.07) is 9.20. The lowest BCUT2D eigenvalue weighted by atomic mass is 10.3. The Balaban J connectivity index is 1.78. The molecule has 0 aliphatic heterocycles. The molecule has 2 heterocycles. The minimum absolute atomic E-state index is 0.199. The molecule has 2 aromatic rings. The number of nitrogens with zero attached hydrogens (tertiary/aromatic N) is 3. The maximum absolute atomic E-state index is 12.0. The zero-order valence-electron chi connectivity index (χ0n) is 13.6. The number of rotatable bonds is 8. The number of carbonyl (C=O) groups excluding carboxylic acids is 1. The predicted molar refractivity (Wildman–Crippen MR) is 91.3 cm³/mol. The van der Waals surface area contributed by atoms with E-state index >= 15 is 0 Å². The minimum atomic E-state index is -0.199. The monoisotopic (exact) mass is 313 g/mol. The average Bonchev–Trinajstić information content (AvgIpc) is 2.58. The van der Waals surface area contributed by atoms with Crippen molar-refractivity contribution < 1.29 is 4.79 Å². The third-order valence-electron chi connectivity index (χ3n) is 3.26. The molecule has 0 bridgehead atoms. The van der Waals surface area contributed by atoms with Gasteiger partial charge in [-0.3, -0.25) is 9.78 Å². The van der Waals surface area contributed by atoms with Gasteiger partial charge in [-0.05, 0) is 51.3 Å². The molecule has 0 radical (unpaired) electrons. The van der Waals surface area contributed by atoms with E-state index in [2.05, 4.69) is 39.6 Å². The lowest BCUT2D eigenvalue weighted by Gasteiger charge is -2.10. The van der Waals surface area contributed by atoms with Gasteiger partial charge >= 0.3 is 0 Å². The number of pyridine rings is 2. The molecule has 0 spiro atoms. The molecule has 0 aromatic carbocycles. The van der Waals surface area contributed by atoms with Crippen LogP contribution in [-0.4, -0.2) is 48.0 Å². The van der Waals surface area contributed by atoms with Crippen molar-refractivity contribution in [3.05, 3.63) is 54.1 Å². The molecular weight excluding hydrogens is 290 g/mol. The molecule has 0 fully saturated rings. The summed E-state index contributed by atoms with van der Waals surface area (Å²) >= 11 is 0. The number of carbonyl (C=O) groups is 1. The van der Waals surface area contributed by atoms with Gasteiger partial charge in [-0.2, -0.15) is 0 Å². The molecule has 2 rings (SSSR count). The Labute approximate surface area is 137 Å². The molecule has 0 saturated heterocycles. The molecule has 122 valence electrons. The fraction of sp³-hybridized carbons (Fsp3) is 0.353. The Morgan fingerprint density at radius 2 is 2.04 bits per heavy atom. The van der Waals surface area contributed by atoms with E-state index in [0.717, 1.165) is 30.9 Å². The molecule has 1 amide bonds. The second kappa shape index (κ2) is 8.85. The standard InChI is InChI=1S/C17H23N5O/c1-22(2)11-5-10-19-15-7-8-16(20-12-15)17(23)21-13-14-6-3-4-9-18-14/h3-4,6-9,12,19H,5,10-11,13H2,1-2H3,(H,21,23). The van der Waals surface area contributed by atoms with Gasteiger partial charge in [0.15, 0.2) is 0 Å². The van der Waals surface area contributed by atoms with Crippen LogP contribution in [0.25, 0.3) is 0 Å². The summed E-state index contributed by atoms with van der Waals surface area (Å²) in [6.45, 7) is 2.31. The van der Waals surface area contributed by atoms with Gasteiger partial charge in [-0.25, -0.2) is 4.98 Å². The highest BCUT2D eigenvalue weighted by Crippen LogP contribution is 2.06. The van der Waals surface area contributed by atoms with E-state index in [4.69, 9.17) is 0 Å². The molecule has 2 aromatic heterocycles. The van der Waals surface area contributed by atoms with Crippen molar-refractivity contribution in [3.8, 4) is 0 Å². The second-order valence-electron chi connectivity index (χ2n) is 5.52. The quantitative estimate of drug-likeness (QED) is 0.727. The van der Waals surface area contributed by atoms with Crippen molar-refractivity contribution in [2.24, 2.45) is 0 Å². The summed E-state index contributed by atoms with van der Waals surface area (Å²) in [4.78, 5) is 22.5. The SMILES string of the molecule is CN(C)CCCNc1ccc(C(=O)NCc2ccccn2)nc1. The van der Waals surface area contributed by atoms with Crippen molar-refractivity contribution in [1.82, 2.24) is 20.2 Å². The van der Waals surface area contributed by atoms with Crippen LogP contribution in [0, 0.1) is 0 Å². The van der Waals surface area contributed by atoms with Crippen LogP contribution in [0.4, 0.5) is 5.69 Å². The summed E-state index contributed by atoms with van der Waals surface area (Å²) in [5.74, 6) is -0.199. The van der Waals surface area contributed by atoms with Gasteiger partial charge in [0.1, 0.15) is 5.69 Å². The van der Waals surface area contributed by atoms with E-state index in [9.17, 15) is 4.79 Å².